The number of hydrogen-bond donors (Lipinski definition) is 1. The van der Waals surface area contributed by atoms with Crippen molar-refractivity contribution in [2.24, 2.45) is 0 Å². The molecule has 2 aromatic heterocycles. The zero-order valence-corrected chi connectivity index (χ0v) is 17.3. The molecule has 1 unspecified atom stereocenters. The van der Waals surface area contributed by atoms with E-state index in [9.17, 15) is 14.9 Å². The number of nitro groups is 1. The number of aromatic nitrogens is 2. The van der Waals surface area contributed by atoms with E-state index in [-0.39, 0.29) is 17.3 Å². The van der Waals surface area contributed by atoms with Gasteiger partial charge in [-0.15, -0.1) is 11.3 Å². The van der Waals surface area contributed by atoms with Crippen molar-refractivity contribution < 1.29 is 14.5 Å². The van der Waals surface area contributed by atoms with Crippen molar-refractivity contribution in [1.82, 2.24) is 9.97 Å². The predicted molar refractivity (Wildman–Crippen MR) is 110 cm³/mol. The Morgan fingerprint density at radius 1 is 1.36 bits per heavy atom. The summed E-state index contributed by atoms with van der Waals surface area (Å²) in [4.78, 5) is 33.9. The summed E-state index contributed by atoms with van der Waals surface area (Å²) in [5, 5.41) is 14.9. The van der Waals surface area contributed by atoms with E-state index in [1.165, 1.54) is 43.4 Å². The molecule has 10 heteroatoms. The first kappa shape index (κ1) is 20.0. The number of aryl methyl sites for hydroxylation is 2. The molecule has 0 bridgehead atoms. The lowest BCUT2D eigenvalue weighted by molar-refractivity contribution is -0.384. The monoisotopic (exact) mass is 418 g/mol. The van der Waals surface area contributed by atoms with Gasteiger partial charge < -0.3 is 10.1 Å². The van der Waals surface area contributed by atoms with Crippen LogP contribution in [0.3, 0.4) is 0 Å². The molecule has 0 radical (unpaired) electrons. The quantitative estimate of drug-likeness (QED) is 0.274. The molecule has 1 N–H and O–H groups in total. The maximum Gasteiger partial charge on any atom is 0.271 e. The molecule has 0 fully saturated rings. The molecule has 0 aliphatic heterocycles. The zero-order chi connectivity index (χ0) is 20.4. The van der Waals surface area contributed by atoms with Gasteiger partial charge in [0.25, 0.3) is 5.69 Å². The number of methoxy groups -OCH3 is 1. The third-order valence-corrected chi connectivity index (χ3v) is 6.46. The normalized spacial score (nSPS) is 12.0. The number of thiophene rings is 1. The van der Waals surface area contributed by atoms with Crippen molar-refractivity contribution in [3.05, 3.63) is 45.1 Å². The fraction of sp³-hybridized carbons (Fsp3) is 0.278. The van der Waals surface area contributed by atoms with Gasteiger partial charge in [-0.25, -0.2) is 9.97 Å². The minimum atomic E-state index is -0.521. The topological polar surface area (TPSA) is 107 Å². The third kappa shape index (κ3) is 3.92. The van der Waals surface area contributed by atoms with Gasteiger partial charge in [-0.05, 0) is 32.4 Å². The highest BCUT2D eigenvalue weighted by molar-refractivity contribution is 8.00. The van der Waals surface area contributed by atoms with Crippen LogP contribution in [0.4, 0.5) is 11.4 Å². The minimum Gasteiger partial charge on any atom is -0.495 e. The number of thioether (sulfide) groups is 1. The molecule has 28 heavy (non-hydrogen) atoms. The average molecular weight is 419 g/mol. The molecule has 0 saturated heterocycles. The van der Waals surface area contributed by atoms with Gasteiger partial charge in [-0.1, -0.05) is 11.8 Å². The number of amides is 1. The van der Waals surface area contributed by atoms with Gasteiger partial charge in [0.2, 0.25) is 5.91 Å². The van der Waals surface area contributed by atoms with E-state index in [1.807, 2.05) is 13.8 Å². The first-order chi connectivity index (χ1) is 13.3. The second kappa shape index (κ2) is 8.11. The van der Waals surface area contributed by atoms with Crippen LogP contribution < -0.4 is 10.1 Å². The van der Waals surface area contributed by atoms with Crippen LogP contribution in [-0.4, -0.2) is 33.2 Å². The van der Waals surface area contributed by atoms with Crippen LogP contribution in [0.15, 0.2) is 29.6 Å². The van der Waals surface area contributed by atoms with E-state index in [0.717, 1.165) is 25.7 Å². The summed E-state index contributed by atoms with van der Waals surface area (Å²) < 4.78 is 5.19. The molecule has 3 rings (SSSR count). The zero-order valence-electron chi connectivity index (χ0n) is 15.7. The summed E-state index contributed by atoms with van der Waals surface area (Å²) in [6.07, 6.45) is 1.49. The molecule has 0 saturated carbocycles. The highest BCUT2D eigenvalue weighted by Crippen LogP contribution is 2.36. The molecule has 1 amide bonds. The molecule has 1 atom stereocenters. The van der Waals surface area contributed by atoms with Gasteiger partial charge in [0.15, 0.2) is 0 Å². The van der Waals surface area contributed by atoms with Crippen molar-refractivity contribution in [1.29, 1.82) is 0 Å². The molecule has 2 heterocycles. The molecule has 0 aliphatic rings. The van der Waals surface area contributed by atoms with E-state index >= 15 is 0 Å². The Labute approximate surface area is 169 Å². The standard InChI is InChI=1S/C18H18N4O4S2/c1-9-10(2)27-17-15(9)18(20-8-19-17)28-11(3)16(23)21-13-7-12(22(24)25)5-6-14(13)26-4/h5-8,11H,1-4H3,(H,21,23). The summed E-state index contributed by atoms with van der Waals surface area (Å²) in [6.45, 7) is 5.80. The summed E-state index contributed by atoms with van der Waals surface area (Å²) >= 11 is 2.92. The SMILES string of the molecule is COc1ccc([N+](=O)[O-])cc1NC(=O)C(C)Sc1ncnc2sc(C)c(C)c12. The molecular formula is C18H18N4O4S2. The Kier molecular flexibility index (Phi) is 5.80. The number of carbonyl (C=O) groups excluding carboxylic acids is 1. The number of fused-ring (bicyclic) bond motifs is 1. The number of nitrogens with zero attached hydrogens (tertiary/aromatic N) is 3. The lowest BCUT2D eigenvalue weighted by Crippen LogP contribution is -2.23. The van der Waals surface area contributed by atoms with E-state index in [1.54, 1.807) is 18.3 Å². The predicted octanol–water partition coefficient (Wildman–Crippen LogP) is 4.34. The van der Waals surface area contributed by atoms with Crippen molar-refractivity contribution in [2.75, 3.05) is 12.4 Å². The molecule has 8 nitrogen and oxygen atoms in total. The number of anilines is 1. The second-order valence-corrected chi connectivity index (χ2v) is 8.57. The Bertz CT molecular complexity index is 1070. The Balaban J connectivity index is 1.83. The lowest BCUT2D eigenvalue weighted by atomic mass is 10.2. The van der Waals surface area contributed by atoms with Crippen molar-refractivity contribution >= 4 is 50.6 Å². The maximum atomic E-state index is 12.7. The Morgan fingerprint density at radius 2 is 2.11 bits per heavy atom. The largest absolute Gasteiger partial charge is 0.495 e. The molecular weight excluding hydrogens is 400 g/mol. The highest BCUT2D eigenvalue weighted by Gasteiger charge is 2.21. The van der Waals surface area contributed by atoms with Crippen LogP contribution in [0.25, 0.3) is 10.2 Å². The molecule has 0 aliphatic carbocycles. The fourth-order valence-corrected chi connectivity index (χ4v) is 4.64. The summed E-state index contributed by atoms with van der Waals surface area (Å²) in [6, 6.07) is 4.06. The van der Waals surface area contributed by atoms with E-state index in [0.29, 0.717) is 5.75 Å². The number of nitrogens with one attached hydrogen (secondary N) is 1. The first-order valence-corrected chi connectivity index (χ1v) is 10.0. The Hall–Kier alpha value is -2.72. The van der Waals surface area contributed by atoms with E-state index < -0.39 is 10.2 Å². The number of hydrogen-bond acceptors (Lipinski definition) is 8. The maximum absolute atomic E-state index is 12.7. The third-order valence-electron chi connectivity index (χ3n) is 4.24. The van der Waals surface area contributed by atoms with Gasteiger partial charge in [-0.3, -0.25) is 14.9 Å². The van der Waals surface area contributed by atoms with Gasteiger partial charge in [-0.2, -0.15) is 0 Å². The lowest BCUT2D eigenvalue weighted by Gasteiger charge is -2.14. The van der Waals surface area contributed by atoms with Gasteiger partial charge >= 0.3 is 0 Å². The minimum absolute atomic E-state index is 0.127. The van der Waals surface area contributed by atoms with Crippen LogP contribution in [-0.2, 0) is 4.79 Å². The summed E-state index contributed by atoms with van der Waals surface area (Å²) in [5.74, 6) is 0.0463. The number of ether oxygens (including phenoxy) is 1. The van der Waals surface area contributed by atoms with Crippen LogP contribution in [0.1, 0.15) is 17.4 Å². The van der Waals surface area contributed by atoms with Crippen LogP contribution >= 0.6 is 23.1 Å². The second-order valence-electron chi connectivity index (χ2n) is 6.03. The molecule has 3 aromatic rings. The summed E-state index contributed by atoms with van der Waals surface area (Å²) in [5.41, 5.74) is 1.24. The van der Waals surface area contributed by atoms with Crippen molar-refractivity contribution in [2.45, 2.75) is 31.0 Å². The Morgan fingerprint density at radius 3 is 2.79 bits per heavy atom. The van der Waals surface area contributed by atoms with Crippen molar-refractivity contribution in [3.8, 4) is 5.75 Å². The van der Waals surface area contributed by atoms with Crippen LogP contribution in [0, 0.1) is 24.0 Å². The number of rotatable bonds is 6. The van der Waals surface area contributed by atoms with Gasteiger partial charge in [0.05, 0.1) is 23.0 Å². The van der Waals surface area contributed by atoms with Gasteiger partial charge in [0.1, 0.15) is 21.9 Å². The van der Waals surface area contributed by atoms with Crippen molar-refractivity contribution in [3.63, 3.8) is 0 Å². The fourth-order valence-electron chi connectivity index (χ4n) is 2.60. The van der Waals surface area contributed by atoms with Gasteiger partial charge in [0, 0.05) is 22.4 Å². The molecule has 146 valence electrons. The molecule has 1 aromatic carbocycles. The highest BCUT2D eigenvalue weighted by atomic mass is 32.2. The number of carbonyl (C=O) groups is 1. The number of nitro benzene ring substituents is 1. The van der Waals surface area contributed by atoms with Crippen LogP contribution in [0.5, 0.6) is 5.75 Å². The average Bonchev–Trinajstić information content (AvgIpc) is 2.96. The number of benzene rings is 1. The van der Waals surface area contributed by atoms with E-state index in [2.05, 4.69) is 15.3 Å². The van der Waals surface area contributed by atoms with Crippen LogP contribution in [0.2, 0.25) is 0 Å². The van der Waals surface area contributed by atoms with E-state index in [4.69, 9.17) is 4.74 Å². The summed E-state index contributed by atoms with van der Waals surface area (Å²) in [7, 11) is 1.44. The number of non-ortho nitro benzene ring substituents is 1. The molecule has 0 spiro atoms. The first-order valence-electron chi connectivity index (χ1n) is 8.32. The smallest absolute Gasteiger partial charge is 0.271 e.